The first-order valence-electron chi connectivity index (χ1n) is 21.0. The first kappa shape index (κ1) is 48.6. The summed E-state index contributed by atoms with van der Waals surface area (Å²) in [5, 5.41) is 6.38. The highest BCUT2D eigenvalue weighted by molar-refractivity contribution is 7.92. The Morgan fingerprint density at radius 1 is 0.866 bits per heavy atom. The second-order valence-electron chi connectivity index (χ2n) is 16.5. The van der Waals surface area contributed by atoms with Gasteiger partial charge in [0.25, 0.3) is 25.8 Å². The number of rotatable bonds is 15. The molecule has 0 aliphatic carbocycles. The standard InChI is InChI=1S/C46H47ClF3N7O8S2/c1-45(2,3)65-44(59)53-19-6-18-51-39-16-14-36(27-41(39)66(60,61)46(48,49)50)67(62,63)55-43(58)38-15-13-34(26-40(38)64-35-25-31-17-20-52-42(31)54-28-35)57-23-21-56(22-24-57)29-32-7-4-5-8-37(32)30-9-11-33(47)12-10-30/h4-5,7-17,20,25-28,51H,6,18-19,21-24,29H2,1-3H3,(H,52,54)(H,53,59)(H,55,58). The number of nitrogens with one attached hydrogen (secondary N) is 4. The van der Waals surface area contributed by atoms with Gasteiger partial charge in [-0.05, 0) is 98.5 Å². The fraction of sp³-hybridized carbons (Fsp3) is 0.283. The average Bonchev–Trinajstić information content (AvgIpc) is 3.74. The number of aromatic amines is 1. The molecule has 15 nitrogen and oxygen atoms in total. The molecule has 0 atom stereocenters. The number of benzene rings is 4. The Bertz CT molecular complexity index is 2990. The number of halogens is 4. The number of sulfone groups is 1. The van der Waals surface area contributed by atoms with Crippen LogP contribution in [-0.4, -0.2) is 94.1 Å². The second-order valence-corrected chi connectivity index (χ2v) is 20.6. The maximum absolute atomic E-state index is 13.9. The molecule has 0 bridgehead atoms. The predicted octanol–water partition coefficient (Wildman–Crippen LogP) is 8.74. The SMILES string of the molecule is CC(C)(C)OC(=O)NCCCNc1ccc(S(=O)(=O)NC(=O)c2ccc(N3CCN(Cc4ccccc4-c4ccc(Cl)cc4)CC3)cc2Oc2cnc3[nH]ccc3c2)cc1S(=O)(=O)C(F)(F)F. The summed E-state index contributed by atoms with van der Waals surface area (Å²) in [6, 6.07) is 25.9. The van der Waals surface area contributed by atoms with Crippen LogP contribution in [0.3, 0.4) is 0 Å². The third-order valence-electron chi connectivity index (χ3n) is 10.5. The smallest absolute Gasteiger partial charge is 0.455 e. The van der Waals surface area contributed by atoms with Crippen LogP contribution in [0.5, 0.6) is 11.5 Å². The quantitative estimate of drug-likeness (QED) is 0.0717. The van der Waals surface area contributed by atoms with E-state index in [9.17, 15) is 39.6 Å². The highest BCUT2D eigenvalue weighted by atomic mass is 35.5. The molecular formula is C46H47ClF3N7O8S2. The van der Waals surface area contributed by atoms with E-state index in [0.717, 1.165) is 28.8 Å². The molecule has 4 aromatic carbocycles. The number of sulfonamides is 1. The van der Waals surface area contributed by atoms with E-state index in [4.69, 9.17) is 21.1 Å². The van der Waals surface area contributed by atoms with E-state index in [1.165, 1.54) is 12.3 Å². The number of pyridine rings is 1. The maximum Gasteiger partial charge on any atom is 0.501 e. The second kappa shape index (κ2) is 19.9. The zero-order chi connectivity index (χ0) is 48.1. The zero-order valence-corrected chi connectivity index (χ0v) is 38.9. The summed E-state index contributed by atoms with van der Waals surface area (Å²) in [5.41, 5.74) is -2.84. The number of carbonyl (C=O) groups excluding carboxylic acids is 2. The lowest BCUT2D eigenvalue weighted by atomic mass is 9.99. The molecule has 1 fully saturated rings. The molecule has 2 amide bonds. The van der Waals surface area contributed by atoms with Gasteiger partial charge in [-0.3, -0.25) is 9.69 Å². The summed E-state index contributed by atoms with van der Waals surface area (Å²) in [6.07, 6.45) is 2.49. The molecule has 7 rings (SSSR count). The molecule has 1 aliphatic rings. The lowest BCUT2D eigenvalue weighted by Gasteiger charge is -2.36. The number of ether oxygens (including phenoxy) is 2. The minimum atomic E-state index is -6.12. The molecule has 1 aliphatic heterocycles. The summed E-state index contributed by atoms with van der Waals surface area (Å²) in [7, 11) is -11.1. The van der Waals surface area contributed by atoms with Crippen molar-refractivity contribution in [2.24, 2.45) is 0 Å². The lowest BCUT2D eigenvalue weighted by molar-refractivity contribution is -0.0436. The van der Waals surface area contributed by atoms with Gasteiger partial charge in [-0.1, -0.05) is 48.0 Å². The van der Waals surface area contributed by atoms with Gasteiger partial charge in [0.2, 0.25) is 0 Å². The number of hydrogen-bond donors (Lipinski definition) is 4. The molecule has 6 aromatic rings. The molecule has 3 heterocycles. The van der Waals surface area contributed by atoms with E-state index in [1.54, 1.807) is 51.2 Å². The Morgan fingerprint density at radius 2 is 1.60 bits per heavy atom. The minimum absolute atomic E-state index is 0.0181. The van der Waals surface area contributed by atoms with Gasteiger partial charge in [0.05, 0.1) is 22.3 Å². The van der Waals surface area contributed by atoms with Crippen LogP contribution in [0.1, 0.15) is 43.1 Å². The molecule has 0 spiro atoms. The monoisotopic (exact) mass is 981 g/mol. The van der Waals surface area contributed by atoms with Crippen molar-refractivity contribution in [1.29, 1.82) is 0 Å². The van der Waals surface area contributed by atoms with E-state index in [1.807, 2.05) is 41.1 Å². The highest BCUT2D eigenvalue weighted by Crippen LogP contribution is 2.37. The van der Waals surface area contributed by atoms with E-state index in [2.05, 4.69) is 42.5 Å². The summed E-state index contributed by atoms with van der Waals surface area (Å²) in [4.78, 5) is 35.3. The van der Waals surface area contributed by atoms with Crippen LogP contribution >= 0.6 is 11.6 Å². The highest BCUT2D eigenvalue weighted by Gasteiger charge is 2.48. The van der Waals surface area contributed by atoms with E-state index < -0.39 is 58.4 Å². The maximum atomic E-state index is 13.9. The molecule has 4 N–H and O–H groups in total. The number of hydrogen-bond acceptors (Lipinski definition) is 12. The van der Waals surface area contributed by atoms with Gasteiger partial charge in [-0.2, -0.15) is 13.2 Å². The molecule has 0 unspecified atom stereocenters. The lowest BCUT2D eigenvalue weighted by Crippen LogP contribution is -2.46. The summed E-state index contributed by atoms with van der Waals surface area (Å²) in [5.74, 6) is -1.04. The molecule has 21 heteroatoms. The van der Waals surface area contributed by atoms with Crippen molar-refractivity contribution in [3.8, 4) is 22.6 Å². The number of fused-ring (bicyclic) bond motifs is 1. The molecule has 0 radical (unpaired) electrons. The molecular weight excluding hydrogens is 935 g/mol. The van der Waals surface area contributed by atoms with Crippen molar-refractivity contribution in [2.75, 3.05) is 49.5 Å². The number of H-pyrrole nitrogens is 1. The van der Waals surface area contributed by atoms with Gasteiger partial charge in [0.1, 0.15) is 27.6 Å². The predicted molar refractivity (Wildman–Crippen MR) is 249 cm³/mol. The summed E-state index contributed by atoms with van der Waals surface area (Å²) in [6.45, 7) is 8.13. The van der Waals surface area contributed by atoms with Crippen molar-refractivity contribution in [2.45, 2.75) is 54.6 Å². The van der Waals surface area contributed by atoms with Crippen LogP contribution in [0, 0.1) is 0 Å². The van der Waals surface area contributed by atoms with Crippen molar-refractivity contribution < 1.29 is 49.1 Å². The van der Waals surface area contributed by atoms with E-state index in [0.29, 0.717) is 60.5 Å². The van der Waals surface area contributed by atoms with Gasteiger partial charge < -0.3 is 30.0 Å². The number of piperazine rings is 1. The van der Waals surface area contributed by atoms with Crippen LogP contribution in [0.15, 0.2) is 119 Å². The molecule has 67 heavy (non-hydrogen) atoms. The zero-order valence-electron chi connectivity index (χ0n) is 36.5. The fourth-order valence-electron chi connectivity index (χ4n) is 7.27. The number of anilines is 2. The summed E-state index contributed by atoms with van der Waals surface area (Å²) >= 11 is 6.14. The topological polar surface area (TPSA) is 192 Å². The Kier molecular flexibility index (Phi) is 14.4. The van der Waals surface area contributed by atoms with Crippen LogP contribution in [-0.2, 0) is 31.1 Å². The van der Waals surface area contributed by atoms with Crippen molar-refractivity contribution in [1.82, 2.24) is 24.9 Å². The van der Waals surface area contributed by atoms with Crippen molar-refractivity contribution >= 4 is 65.9 Å². The molecule has 0 saturated carbocycles. The van der Waals surface area contributed by atoms with E-state index in [-0.39, 0.29) is 36.6 Å². The van der Waals surface area contributed by atoms with Gasteiger partial charge in [0.15, 0.2) is 0 Å². The first-order valence-corrected chi connectivity index (χ1v) is 24.3. The molecule has 2 aromatic heterocycles. The summed E-state index contributed by atoms with van der Waals surface area (Å²) < 4.78 is 108. The normalized spacial score (nSPS) is 13.9. The van der Waals surface area contributed by atoms with Gasteiger partial charge in [-0.25, -0.2) is 31.3 Å². The number of aromatic nitrogens is 2. The largest absolute Gasteiger partial charge is 0.501 e. The van der Waals surface area contributed by atoms with E-state index >= 15 is 0 Å². The molecule has 1 saturated heterocycles. The van der Waals surface area contributed by atoms with Crippen LogP contribution in [0.25, 0.3) is 22.2 Å². The van der Waals surface area contributed by atoms with Crippen molar-refractivity contribution in [3.05, 3.63) is 126 Å². The Balaban J connectivity index is 1.10. The Morgan fingerprint density at radius 3 is 2.31 bits per heavy atom. The fourth-order valence-corrected chi connectivity index (χ4v) is 9.43. The first-order chi connectivity index (χ1) is 31.7. The molecule has 354 valence electrons. The van der Waals surface area contributed by atoms with Crippen molar-refractivity contribution in [3.63, 3.8) is 0 Å². The third kappa shape index (κ3) is 12.0. The van der Waals surface area contributed by atoms with Crippen LogP contribution < -0.4 is 25.0 Å². The van der Waals surface area contributed by atoms with Crippen LogP contribution in [0.4, 0.5) is 29.3 Å². The van der Waals surface area contributed by atoms with Gasteiger partial charge in [0, 0.05) is 74.2 Å². The number of carbonyl (C=O) groups is 2. The van der Waals surface area contributed by atoms with Crippen LogP contribution in [0.2, 0.25) is 5.02 Å². The number of alkyl carbamates (subject to hydrolysis) is 1. The number of amides is 2. The number of nitrogens with zero attached hydrogens (tertiary/aromatic N) is 3. The average molecular weight is 983 g/mol. The Hall–Kier alpha value is -6.35. The minimum Gasteiger partial charge on any atom is -0.455 e. The van der Waals surface area contributed by atoms with Gasteiger partial charge in [-0.15, -0.1) is 0 Å². The Labute approximate surface area is 390 Å². The third-order valence-corrected chi connectivity index (χ3v) is 13.6. The number of alkyl halides is 3. The van der Waals surface area contributed by atoms with Gasteiger partial charge >= 0.3 is 11.6 Å².